The molecule has 0 spiro atoms. The number of imidazole rings is 1. The number of aromatic amines is 1. The van der Waals surface area contributed by atoms with E-state index in [0.29, 0.717) is 36.9 Å². The maximum Gasteiger partial charge on any atom is 0.417 e. The molecule has 1 aromatic carbocycles. The second-order valence-electron chi connectivity index (χ2n) is 6.61. The molecule has 0 bridgehead atoms. The first-order valence-corrected chi connectivity index (χ1v) is 8.14. The monoisotopic (exact) mass is 377 g/mol. The van der Waals surface area contributed by atoms with Crippen molar-refractivity contribution in [2.24, 2.45) is 5.73 Å². The topological polar surface area (TPSA) is 54.7 Å². The molecule has 3 N–H and O–H groups in total. The van der Waals surface area contributed by atoms with E-state index in [1.54, 1.807) is 0 Å². The molecule has 0 saturated heterocycles. The highest BCUT2D eigenvalue weighted by molar-refractivity contribution is 5.65. The summed E-state index contributed by atoms with van der Waals surface area (Å²) >= 11 is 0. The lowest BCUT2D eigenvalue weighted by atomic mass is 9.82. The van der Waals surface area contributed by atoms with E-state index in [1.807, 2.05) is 0 Å². The summed E-state index contributed by atoms with van der Waals surface area (Å²) in [5, 5.41) is 0. The number of hydrogen-bond donors (Lipinski definition) is 2. The van der Waals surface area contributed by atoms with E-state index in [0.717, 1.165) is 19.3 Å². The summed E-state index contributed by atoms with van der Waals surface area (Å²) < 4.78 is 78.6. The standard InChI is InChI=1S/C17H17F6N3/c18-16(19,20)10-4-5-12(17(21,22)23)11(8-10)13-9-25-14(26-13)15(24)6-2-1-3-7-15/h4-5,8-9H,1-3,6-7,24H2,(H,25,26). The Hall–Kier alpha value is -2.03. The average molecular weight is 377 g/mol. The Balaban J connectivity index is 2.08. The second-order valence-corrected chi connectivity index (χ2v) is 6.61. The molecule has 1 saturated carbocycles. The van der Waals surface area contributed by atoms with Crippen LogP contribution in [0.4, 0.5) is 26.3 Å². The third kappa shape index (κ3) is 3.58. The predicted molar refractivity (Wildman–Crippen MR) is 83.0 cm³/mol. The SMILES string of the molecule is NC1(c2nc(-c3cc(C(F)(F)F)ccc3C(F)(F)F)c[nH]2)CCCCC1. The van der Waals surface area contributed by atoms with Gasteiger partial charge in [0.15, 0.2) is 0 Å². The molecule has 3 nitrogen and oxygen atoms in total. The Kier molecular flexibility index (Phi) is 4.54. The van der Waals surface area contributed by atoms with Crippen molar-refractivity contribution >= 4 is 0 Å². The van der Waals surface area contributed by atoms with Gasteiger partial charge in [0.1, 0.15) is 5.82 Å². The predicted octanol–water partition coefficient (Wildman–Crippen LogP) is 5.23. The van der Waals surface area contributed by atoms with Crippen molar-refractivity contribution in [3.63, 3.8) is 0 Å². The minimum atomic E-state index is -4.80. The van der Waals surface area contributed by atoms with Gasteiger partial charge < -0.3 is 10.7 Å². The van der Waals surface area contributed by atoms with E-state index < -0.39 is 34.6 Å². The third-order valence-corrected chi connectivity index (χ3v) is 4.72. The van der Waals surface area contributed by atoms with Crippen LogP contribution in [-0.2, 0) is 17.9 Å². The Morgan fingerprint density at radius 3 is 2.19 bits per heavy atom. The summed E-state index contributed by atoms with van der Waals surface area (Å²) in [5.74, 6) is 0.303. The van der Waals surface area contributed by atoms with E-state index in [1.165, 1.54) is 6.20 Å². The van der Waals surface area contributed by atoms with Crippen molar-refractivity contribution in [2.45, 2.75) is 50.0 Å². The van der Waals surface area contributed by atoms with Gasteiger partial charge in [-0.25, -0.2) is 4.98 Å². The molecule has 0 radical (unpaired) electrons. The second kappa shape index (κ2) is 6.29. The number of rotatable bonds is 2. The third-order valence-electron chi connectivity index (χ3n) is 4.72. The van der Waals surface area contributed by atoms with Crippen LogP contribution in [0.15, 0.2) is 24.4 Å². The Morgan fingerprint density at radius 2 is 1.62 bits per heavy atom. The number of alkyl halides is 6. The van der Waals surface area contributed by atoms with Crippen LogP contribution in [0, 0.1) is 0 Å². The van der Waals surface area contributed by atoms with E-state index in [-0.39, 0.29) is 5.69 Å². The first-order valence-electron chi connectivity index (χ1n) is 8.14. The fraction of sp³-hybridized carbons (Fsp3) is 0.471. The summed E-state index contributed by atoms with van der Waals surface area (Å²) in [6, 6.07) is 1.34. The van der Waals surface area contributed by atoms with Crippen LogP contribution in [0.5, 0.6) is 0 Å². The number of nitrogens with two attached hydrogens (primary N) is 1. The highest BCUT2D eigenvalue weighted by atomic mass is 19.4. The van der Waals surface area contributed by atoms with Gasteiger partial charge in [0.2, 0.25) is 0 Å². The highest BCUT2D eigenvalue weighted by Crippen LogP contribution is 2.41. The van der Waals surface area contributed by atoms with Gasteiger partial charge in [-0.05, 0) is 31.0 Å². The quantitative estimate of drug-likeness (QED) is 0.704. The zero-order chi connectivity index (χ0) is 19.2. The molecule has 0 aliphatic heterocycles. The summed E-state index contributed by atoms with van der Waals surface area (Å²) in [5.41, 5.74) is 2.36. The summed E-state index contributed by atoms with van der Waals surface area (Å²) in [7, 11) is 0. The molecule has 1 fully saturated rings. The van der Waals surface area contributed by atoms with Gasteiger partial charge >= 0.3 is 12.4 Å². The van der Waals surface area contributed by atoms with Crippen molar-refractivity contribution in [3.8, 4) is 11.3 Å². The lowest BCUT2D eigenvalue weighted by molar-refractivity contribution is -0.141. The Bertz CT molecular complexity index is 785. The first kappa shape index (κ1) is 18.8. The van der Waals surface area contributed by atoms with Crippen molar-refractivity contribution in [1.82, 2.24) is 9.97 Å². The van der Waals surface area contributed by atoms with Gasteiger partial charge in [-0.2, -0.15) is 26.3 Å². The highest BCUT2D eigenvalue weighted by Gasteiger charge is 2.38. The molecule has 2 aromatic rings. The average Bonchev–Trinajstić information content (AvgIpc) is 3.04. The maximum absolute atomic E-state index is 13.3. The number of benzene rings is 1. The van der Waals surface area contributed by atoms with Crippen LogP contribution < -0.4 is 5.73 Å². The number of nitrogens with zero attached hydrogens (tertiary/aromatic N) is 1. The first-order chi connectivity index (χ1) is 12.0. The van der Waals surface area contributed by atoms with Crippen molar-refractivity contribution in [2.75, 3.05) is 0 Å². The number of aromatic nitrogens is 2. The van der Waals surface area contributed by atoms with Gasteiger partial charge in [-0.3, -0.25) is 0 Å². The molecule has 142 valence electrons. The van der Waals surface area contributed by atoms with Gasteiger partial charge in [0, 0.05) is 11.8 Å². The van der Waals surface area contributed by atoms with Crippen molar-refractivity contribution in [3.05, 3.63) is 41.3 Å². The molecule has 9 heteroatoms. The summed E-state index contributed by atoms with van der Waals surface area (Å²) in [4.78, 5) is 6.89. The molecule has 1 aromatic heterocycles. The zero-order valence-corrected chi connectivity index (χ0v) is 13.6. The van der Waals surface area contributed by atoms with E-state index in [9.17, 15) is 26.3 Å². The summed E-state index contributed by atoms with van der Waals surface area (Å²) in [6.07, 6.45) is -4.39. The molecule has 1 aliphatic rings. The number of nitrogens with one attached hydrogen (secondary N) is 1. The number of hydrogen-bond acceptors (Lipinski definition) is 2. The van der Waals surface area contributed by atoms with Crippen LogP contribution in [0.25, 0.3) is 11.3 Å². The Labute approximate surface area is 145 Å². The van der Waals surface area contributed by atoms with Crippen LogP contribution >= 0.6 is 0 Å². The molecule has 0 unspecified atom stereocenters. The van der Waals surface area contributed by atoms with Crippen molar-refractivity contribution in [1.29, 1.82) is 0 Å². The minimum absolute atomic E-state index is 0.200. The molecule has 0 atom stereocenters. The molecule has 0 amide bonds. The largest absolute Gasteiger partial charge is 0.417 e. The molecule has 1 heterocycles. The van der Waals surface area contributed by atoms with Crippen molar-refractivity contribution < 1.29 is 26.3 Å². The van der Waals surface area contributed by atoms with E-state index in [4.69, 9.17) is 5.73 Å². The molecule has 3 rings (SSSR count). The molecular formula is C17H17F6N3. The molecular weight excluding hydrogens is 360 g/mol. The minimum Gasteiger partial charge on any atom is -0.346 e. The van der Waals surface area contributed by atoms with E-state index in [2.05, 4.69) is 9.97 Å². The lowest BCUT2D eigenvalue weighted by Gasteiger charge is -2.31. The fourth-order valence-electron chi connectivity index (χ4n) is 3.31. The van der Waals surface area contributed by atoms with Gasteiger partial charge in [0.25, 0.3) is 0 Å². The van der Waals surface area contributed by atoms with Gasteiger partial charge in [0.05, 0.1) is 22.4 Å². The van der Waals surface area contributed by atoms with Crippen LogP contribution in [-0.4, -0.2) is 9.97 Å². The van der Waals surface area contributed by atoms with Crippen LogP contribution in [0.3, 0.4) is 0 Å². The summed E-state index contributed by atoms with van der Waals surface area (Å²) in [6.45, 7) is 0. The smallest absolute Gasteiger partial charge is 0.346 e. The number of halogens is 6. The van der Waals surface area contributed by atoms with Gasteiger partial charge in [-0.15, -0.1) is 0 Å². The lowest BCUT2D eigenvalue weighted by Crippen LogP contribution is -2.39. The Morgan fingerprint density at radius 1 is 0.962 bits per heavy atom. The number of H-pyrrole nitrogens is 1. The van der Waals surface area contributed by atoms with Gasteiger partial charge in [-0.1, -0.05) is 19.3 Å². The fourth-order valence-corrected chi connectivity index (χ4v) is 3.31. The van der Waals surface area contributed by atoms with Crippen LogP contribution in [0.2, 0.25) is 0 Å². The van der Waals surface area contributed by atoms with E-state index >= 15 is 0 Å². The van der Waals surface area contributed by atoms with Crippen LogP contribution in [0.1, 0.15) is 49.1 Å². The maximum atomic E-state index is 13.3. The molecule has 1 aliphatic carbocycles. The zero-order valence-electron chi connectivity index (χ0n) is 13.6. The molecule has 26 heavy (non-hydrogen) atoms. The normalized spacial score (nSPS) is 18.1.